The Morgan fingerprint density at radius 1 is 1.35 bits per heavy atom. The topological polar surface area (TPSA) is 50.4 Å². The summed E-state index contributed by atoms with van der Waals surface area (Å²) in [6, 6.07) is 0.850. The van der Waals surface area contributed by atoms with Crippen LogP contribution in [0.1, 0.15) is 12.0 Å². The summed E-state index contributed by atoms with van der Waals surface area (Å²) in [5, 5.41) is 4.56. The maximum atomic E-state index is 13.4. The van der Waals surface area contributed by atoms with Crippen molar-refractivity contribution in [3.63, 3.8) is 0 Å². The predicted molar refractivity (Wildman–Crippen MR) is 62.8 cm³/mol. The number of hydrogen-bond acceptors (Lipinski definition) is 2. The van der Waals surface area contributed by atoms with E-state index in [1.165, 1.54) is 0 Å². The Hall–Kier alpha value is -1.83. The molecule has 2 rings (SSSR count). The molecule has 0 spiro atoms. The first-order valence-electron chi connectivity index (χ1n) is 5.88. The van der Waals surface area contributed by atoms with Gasteiger partial charge in [0.15, 0.2) is 0 Å². The molecule has 1 saturated heterocycles. The Labute approximate surface area is 112 Å². The number of carbonyl (C=O) groups is 1. The van der Waals surface area contributed by atoms with E-state index >= 15 is 0 Å². The van der Waals surface area contributed by atoms with Crippen molar-refractivity contribution in [3.8, 4) is 0 Å². The molecule has 8 heteroatoms. The Kier molecular flexibility index (Phi) is 4.12. The van der Waals surface area contributed by atoms with Crippen molar-refractivity contribution in [3.05, 3.63) is 29.6 Å². The van der Waals surface area contributed by atoms with Gasteiger partial charge >= 0.3 is 12.2 Å². The van der Waals surface area contributed by atoms with Gasteiger partial charge in [-0.2, -0.15) is 13.2 Å². The van der Waals surface area contributed by atoms with Gasteiger partial charge in [0, 0.05) is 6.61 Å². The molecule has 20 heavy (non-hydrogen) atoms. The van der Waals surface area contributed by atoms with E-state index in [4.69, 9.17) is 4.74 Å². The average molecular weight is 292 g/mol. The maximum Gasteiger partial charge on any atom is 0.416 e. The summed E-state index contributed by atoms with van der Waals surface area (Å²) in [7, 11) is 0. The van der Waals surface area contributed by atoms with Crippen LogP contribution >= 0.6 is 0 Å². The van der Waals surface area contributed by atoms with Crippen LogP contribution < -0.4 is 10.6 Å². The predicted octanol–water partition coefficient (Wildman–Crippen LogP) is 2.75. The first-order valence-corrected chi connectivity index (χ1v) is 5.88. The molecule has 0 bridgehead atoms. The van der Waals surface area contributed by atoms with Crippen LogP contribution in [0.5, 0.6) is 0 Å². The number of carbonyl (C=O) groups excluding carboxylic acids is 1. The average Bonchev–Trinajstić information content (AvgIpc) is 2.83. The fourth-order valence-corrected chi connectivity index (χ4v) is 1.79. The molecule has 4 nitrogen and oxygen atoms in total. The molecule has 0 aromatic heterocycles. The number of amides is 2. The first kappa shape index (κ1) is 14.6. The lowest BCUT2D eigenvalue weighted by Gasteiger charge is -2.14. The molecular weight excluding hydrogens is 280 g/mol. The molecule has 0 aliphatic carbocycles. The number of ether oxygens (including phenoxy) is 1. The van der Waals surface area contributed by atoms with Crippen molar-refractivity contribution in [1.82, 2.24) is 5.32 Å². The number of urea groups is 1. The highest BCUT2D eigenvalue weighted by molar-refractivity contribution is 5.89. The van der Waals surface area contributed by atoms with E-state index in [0.29, 0.717) is 37.8 Å². The minimum Gasteiger partial charge on any atom is -0.379 e. The van der Waals surface area contributed by atoms with Crippen molar-refractivity contribution in [1.29, 1.82) is 0 Å². The molecule has 0 radical (unpaired) electrons. The van der Waals surface area contributed by atoms with E-state index in [1.807, 2.05) is 0 Å². The lowest BCUT2D eigenvalue weighted by Crippen LogP contribution is -2.38. The summed E-state index contributed by atoms with van der Waals surface area (Å²) in [6.07, 6.45) is -3.99. The van der Waals surface area contributed by atoms with E-state index in [0.717, 1.165) is 0 Å². The number of alkyl halides is 3. The fourth-order valence-electron chi connectivity index (χ4n) is 1.79. The second-order valence-electron chi connectivity index (χ2n) is 4.35. The number of rotatable bonds is 2. The molecule has 2 amide bonds. The van der Waals surface area contributed by atoms with E-state index in [9.17, 15) is 22.4 Å². The van der Waals surface area contributed by atoms with Crippen LogP contribution in [0.15, 0.2) is 18.2 Å². The molecular formula is C12H12F4N2O2. The van der Waals surface area contributed by atoms with Crippen LogP contribution in [-0.2, 0) is 10.9 Å². The minimum atomic E-state index is -4.60. The zero-order chi connectivity index (χ0) is 14.8. The first-order chi connectivity index (χ1) is 9.36. The molecule has 0 unspecified atom stereocenters. The second-order valence-corrected chi connectivity index (χ2v) is 4.35. The van der Waals surface area contributed by atoms with Gasteiger partial charge in [-0.05, 0) is 24.6 Å². The summed E-state index contributed by atoms with van der Waals surface area (Å²) in [5.74, 6) is -0.934. The van der Waals surface area contributed by atoms with E-state index in [-0.39, 0.29) is 6.04 Å². The molecule has 1 aromatic rings. The zero-order valence-electron chi connectivity index (χ0n) is 10.3. The molecule has 1 aromatic carbocycles. The molecule has 2 N–H and O–H groups in total. The van der Waals surface area contributed by atoms with Crippen molar-refractivity contribution >= 4 is 11.7 Å². The third-order valence-electron chi connectivity index (χ3n) is 2.81. The Morgan fingerprint density at radius 3 is 2.70 bits per heavy atom. The number of anilines is 1. The lowest BCUT2D eigenvalue weighted by molar-refractivity contribution is -0.137. The van der Waals surface area contributed by atoms with Crippen molar-refractivity contribution in [2.75, 3.05) is 18.5 Å². The number of halogens is 4. The summed E-state index contributed by atoms with van der Waals surface area (Å²) < 4.78 is 55.9. The van der Waals surface area contributed by atoms with Gasteiger partial charge in [0.2, 0.25) is 0 Å². The van der Waals surface area contributed by atoms with Crippen molar-refractivity contribution in [2.24, 2.45) is 0 Å². The minimum absolute atomic E-state index is 0.219. The molecule has 1 aliphatic heterocycles. The highest BCUT2D eigenvalue weighted by Gasteiger charge is 2.31. The van der Waals surface area contributed by atoms with Gasteiger partial charge in [-0.3, -0.25) is 0 Å². The lowest BCUT2D eigenvalue weighted by atomic mass is 10.2. The smallest absolute Gasteiger partial charge is 0.379 e. The molecule has 110 valence electrons. The van der Waals surface area contributed by atoms with Crippen molar-refractivity contribution < 1.29 is 27.1 Å². The summed E-state index contributed by atoms with van der Waals surface area (Å²) in [5.41, 5.74) is -1.55. The second kappa shape index (κ2) is 5.66. The number of hydrogen-bond donors (Lipinski definition) is 2. The summed E-state index contributed by atoms with van der Waals surface area (Å²) in [4.78, 5) is 11.6. The van der Waals surface area contributed by atoms with Gasteiger partial charge in [0.05, 0.1) is 23.9 Å². The highest BCUT2D eigenvalue weighted by atomic mass is 19.4. The standard InChI is InChI=1S/C12H12F4N2O2/c13-9-2-1-7(12(14,15)16)5-10(9)18-11(19)17-8-3-4-20-6-8/h1-2,5,8H,3-4,6H2,(H2,17,18,19)/t8-/m0/s1. The van der Waals surface area contributed by atoms with Gasteiger partial charge in [-0.15, -0.1) is 0 Å². The normalized spacial score (nSPS) is 18.9. The molecule has 1 fully saturated rings. The van der Waals surface area contributed by atoms with Crippen LogP contribution in [0, 0.1) is 5.82 Å². The Morgan fingerprint density at radius 2 is 2.10 bits per heavy atom. The van der Waals surface area contributed by atoms with Gasteiger partial charge < -0.3 is 15.4 Å². The third-order valence-corrected chi connectivity index (χ3v) is 2.81. The number of benzene rings is 1. The van der Waals surface area contributed by atoms with Crippen LogP contribution in [0.3, 0.4) is 0 Å². The number of nitrogens with one attached hydrogen (secondary N) is 2. The quantitative estimate of drug-likeness (QED) is 0.823. The van der Waals surface area contributed by atoms with Crippen molar-refractivity contribution in [2.45, 2.75) is 18.6 Å². The van der Waals surface area contributed by atoms with Gasteiger partial charge in [0.25, 0.3) is 0 Å². The molecule has 1 heterocycles. The van der Waals surface area contributed by atoms with Crippen LogP contribution in [0.2, 0.25) is 0 Å². The largest absolute Gasteiger partial charge is 0.416 e. The van der Waals surface area contributed by atoms with Gasteiger partial charge in [-0.1, -0.05) is 0 Å². The monoisotopic (exact) mass is 292 g/mol. The zero-order valence-corrected chi connectivity index (χ0v) is 10.3. The summed E-state index contributed by atoms with van der Waals surface area (Å²) in [6.45, 7) is 0.835. The Bertz CT molecular complexity index is 499. The molecule has 1 aliphatic rings. The fraction of sp³-hybridized carbons (Fsp3) is 0.417. The van der Waals surface area contributed by atoms with E-state index < -0.39 is 29.3 Å². The van der Waals surface area contributed by atoms with E-state index in [1.54, 1.807) is 0 Å². The van der Waals surface area contributed by atoms with Crippen LogP contribution in [0.25, 0.3) is 0 Å². The summed E-state index contributed by atoms with van der Waals surface area (Å²) >= 11 is 0. The molecule has 0 saturated carbocycles. The van der Waals surface area contributed by atoms with Gasteiger partial charge in [-0.25, -0.2) is 9.18 Å². The molecule has 1 atom stereocenters. The van der Waals surface area contributed by atoms with E-state index in [2.05, 4.69) is 10.6 Å². The van der Waals surface area contributed by atoms with Crippen LogP contribution in [0.4, 0.5) is 28.0 Å². The highest BCUT2D eigenvalue weighted by Crippen LogP contribution is 2.31. The van der Waals surface area contributed by atoms with Crippen LogP contribution in [-0.4, -0.2) is 25.3 Å². The SMILES string of the molecule is O=C(Nc1cc(C(F)(F)F)ccc1F)N[C@H]1CCOC1. The van der Waals surface area contributed by atoms with Gasteiger partial charge in [0.1, 0.15) is 5.82 Å². The third kappa shape index (κ3) is 3.60. The Balaban J connectivity index is 2.06. The maximum absolute atomic E-state index is 13.4.